The number of sulfonamides is 1. The summed E-state index contributed by atoms with van der Waals surface area (Å²) in [6.07, 6.45) is 9.56. The standard InChI is InChI=1S/C29H42ClN5O5S2/c1-32(28(37)21-6-2-3-7-21)22-12-16-33(18-22)19-23-8-4-15-35(23)27(36)20-34-14-5-9-25(29(34)38)31-42(39,40)17-13-24-10-11-26(30)41-24/h10-11,13,17,21-23,25,31H,2-9,12,14-16,18-20H2,1H3/b17-13+/t22?,23-,25-/m0/s1. The van der Waals surface area contributed by atoms with E-state index in [2.05, 4.69) is 9.62 Å². The molecule has 232 valence electrons. The first kappa shape index (κ1) is 31.4. The first-order chi connectivity index (χ1) is 20.1. The van der Waals surface area contributed by atoms with Crippen molar-refractivity contribution in [3.63, 3.8) is 0 Å². The lowest BCUT2D eigenvalue weighted by Gasteiger charge is -2.35. The van der Waals surface area contributed by atoms with Crippen LogP contribution in [-0.4, -0.2) is 110 Å². The zero-order chi connectivity index (χ0) is 29.9. The number of halogens is 1. The lowest BCUT2D eigenvalue weighted by atomic mass is 10.1. The van der Waals surface area contributed by atoms with Gasteiger partial charge in [-0.05, 0) is 63.2 Å². The van der Waals surface area contributed by atoms with E-state index in [1.165, 1.54) is 22.3 Å². The number of hydrogen-bond acceptors (Lipinski definition) is 7. The van der Waals surface area contributed by atoms with E-state index in [4.69, 9.17) is 11.6 Å². The number of thiophene rings is 1. The van der Waals surface area contributed by atoms with Crippen LogP contribution in [0.25, 0.3) is 6.08 Å². The molecule has 0 radical (unpaired) electrons. The predicted octanol–water partition coefficient (Wildman–Crippen LogP) is 3.00. The Morgan fingerprint density at radius 1 is 1.07 bits per heavy atom. The number of nitrogens with zero attached hydrogens (tertiary/aromatic N) is 4. The molecule has 4 fully saturated rings. The maximum atomic E-state index is 13.4. The van der Waals surface area contributed by atoms with Gasteiger partial charge >= 0.3 is 0 Å². The van der Waals surface area contributed by atoms with Crippen LogP contribution in [0.1, 0.15) is 62.7 Å². The molecular formula is C29H42ClN5O5S2. The van der Waals surface area contributed by atoms with Crippen molar-refractivity contribution in [2.75, 3.05) is 46.3 Å². The van der Waals surface area contributed by atoms with Gasteiger partial charge in [0.1, 0.15) is 6.04 Å². The van der Waals surface area contributed by atoms with Crippen LogP contribution in [0.4, 0.5) is 0 Å². The third-order valence-corrected chi connectivity index (χ3v) is 11.5. The van der Waals surface area contributed by atoms with Crippen LogP contribution in [0.3, 0.4) is 0 Å². The number of likely N-dealkylation sites (N-methyl/N-ethyl adjacent to an activating group) is 1. The average molecular weight is 640 g/mol. The second-order valence-corrected chi connectivity index (χ2v) is 15.4. The fourth-order valence-electron chi connectivity index (χ4n) is 6.86. The van der Waals surface area contributed by atoms with Crippen LogP contribution < -0.4 is 4.72 Å². The van der Waals surface area contributed by atoms with Gasteiger partial charge in [0.15, 0.2) is 0 Å². The van der Waals surface area contributed by atoms with Crippen molar-refractivity contribution < 1.29 is 22.8 Å². The number of hydrogen-bond donors (Lipinski definition) is 1. The van der Waals surface area contributed by atoms with Crippen molar-refractivity contribution in [1.82, 2.24) is 24.3 Å². The van der Waals surface area contributed by atoms with Crippen LogP contribution in [0, 0.1) is 5.92 Å². The lowest BCUT2D eigenvalue weighted by Crippen LogP contribution is -2.55. The zero-order valence-corrected chi connectivity index (χ0v) is 26.6. The summed E-state index contributed by atoms with van der Waals surface area (Å²) in [7, 11) is -1.91. The van der Waals surface area contributed by atoms with Crippen LogP contribution in [0.5, 0.6) is 0 Å². The highest BCUT2D eigenvalue weighted by Gasteiger charge is 2.38. The van der Waals surface area contributed by atoms with E-state index in [-0.39, 0.29) is 42.3 Å². The Bertz CT molecular complexity index is 1280. The first-order valence-electron chi connectivity index (χ1n) is 15.1. The van der Waals surface area contributed by atoms with E-state index in [0.29, 0.717) is 35.1 Å². The van der Waals surface area contributed by atoms with E-state index in [0.717, 1.165) is 70.0 Å². The van der Waals surface area contributed by atoms with Gasteiger partial charge in [-0.1, -0.05) is 24.4 Å². The van der Waals surface area contributed by atoms with Gasteiger partial charge in [0.2, 0.25) is 27.7 Å². The monoisotopic (exact) mass is 639 g/mol. The molecule has 1 unspecified atom stereocenters. The molecular weight excluding hydrogens is 598 g/mol. The molecule has 1 aromatic heterocycles. The molecule has 1 aliphatic carbocycles. The number of carbonyl (C=O) groups excluding carboxylic acids is 3. The fraction of sp³-hybridized carbons (Fsp3) is 0.690. The van der Waals surface area contributed by atoms with Crippen molar-refractivity contribution in [3.05, 3.63) is 26.8 Å². The second-order valence-electron chi connectivity index (χ2n) is 12.1. The van der Waals surface area contributed by atoms with Gasteiger partial charge in [-0.2, -0.15) is 4.72 Å². The normalized spacial score (nSPS) is 26.1. The average Bonchev–Trinajstić information content (AvgIpc) is 3.77. The summed E-state index contributed by atoms with van der Waals surface area (Å²) in [5, 5.41) is 1.05. The highest BCUT2D eigenvalue weighted by Crippen LogP contribution is 2.29. The maximum absolute atomic E-state index is 13.4. The zero-order valence-electron chi connectivity index (χ0n) is 24.2. The first-order valence-corrected chi connectivity index (χ1v) is 17.9. The molecule has 13 heteroatoms. The lowest BCUT2D eigenvalue weighted by molar-refractivity contribution is -0.143. The summed E-state index contributed by atoms with van der Waals surface area (Å²) < 4.78 is 28.3. The Hall–Kier alpha value is -1.99. The van der Waals surface area contributed by atoms with Crippen molar-refractivity contribution in [2.24, 2.45) is 5.92 Å². The van der Waals surface area contributed by atoms with Crippen molar-refractivity contribution >= 4 is 56.8 Å². The number of carbonyl (C=O) groups is 3. The second kappa shape index (κ2) is 13.8. The molecule has 0 bridgehead atoms. The van der Waals surface area contributed by atoms with Gasteiger partial charge in [0, 0.05) is 68.1 Å². The van der Waals surface area contributed by atoms with Crippen molar-refractivity contribution in [2.45, 2.75) is 75.9 Å². The maximum Gasteiger partial charge on any atom is 0.242 e. The summed E-state index contributed by atoms with van der Waals surface area (Å²) in [5.74, 6) is 0.0147. The smallest absolute Gasteiger partial charge is 0.242 e. The Labute approximate surface area is 258 Å². The number of piperidine rings is 1. The molecule has 3 aliphatic heterocycles. The molecule has 1 N–H and O–H groups in total. The summed E-state index contributed by atoms with van der Waals surface area (Å²) >= 11 is 7.17. The highest BCUT2D eigenvalue weighted by molar-refractivity contribution is 7.92. The van der Waals surface area contributed by atoms with E-state index < -0.39 is 16.1 Å². The molecule has 1 saturated carbocycles. The minimum Gasteiger partial charge on any atom is -0.341 e. The van der Waals surface area contributed by atoms with Crippen LogP contribution >= 0.6 is 22.9 Å². The molecule has 3 amide bonds. The molecule has 3 atom stereocenters. The van der Waals surface area contributed by atoms with Gasteiger partial charge in [-0.15, -0.1) is 11.3 Å². The Morgan fingerprint density at radius 3 is 2.57 bits per heavy atom. The summed E-state index contributed by atoms with van der Waals surface area (Å²) in [6, 6.07) is 2.82. The van der Waals surface area contributed by atoms with E-state index >= 15 is 0 Å². The van der Waals surface area contributed by atoms with Gasteiger partial charge in [-0.25, -0.2) is 8.42 Å². The van der Waals surface area contributed by atoms with Gasteiger partial charge < -0.3 is 14.7 Å². The summed E-state index contributed by atoms with van der Waals surface area (Å²) in [4.78, 5) is 47.9. The van der Waals surface area contributed by atoms with Crippen molar-refractivity contribution in [3.8, 4) is 0 Å². The minimum absolute atomic E-state index is 0.0433. The van der Waals surface area contributed by atoms with Crippen molar-refractivity contribution in [1.29, 1.82) is 0 Å². The van der Waals surface area contributed by atoms with Crippen LogP contribution in [0.2, 0.25) is 4.34 Å². The highest BCUT2D eigenvalue weighted by atomic mass is 35.5. The van der Waals surface area contributed by atoms with Gasteiger partial charge in [0.05, 0.1) is 10.9 Å². The summed E-state index contributed by atoms with van der Waals surface area (Å²) in [6.45, 7) is 3.56. The Balaban J connectivity index is 1.11. The molecule has 4 heterocycles. The third kappa shape index (κ3) is 7.74. The molecule has 0 spiro atoms. The number of nitrogens with one attached hydrogen (secondary N) is 1. The molecule has 1 aromatic rings. The Morgan fingerprint density at radius 2 is 1.83 bits per heavy atom. The van der Waals surface area contributed by atoms with E-state index in [9.17, 15) is 22.8 Å². The molecule has 3 saturated heterocycles. The fourth-order valence-corrected chi connectivity index (χ4v) is 8.93. The third-order valence-electron chi connectivity index (χ3n) is 9.18. The predicted molar refractivity (Wildman–Crippen MR) is 164 cm³/mol. The molecule has 10 nitrogen and oxygen atoms in total. The topological polar surface area (TPSA) is 110 Å². The molecule has 42 heavy (non-hydrogen) atoms. The number of likely N-dealkylation sites (tertiary alicyclic amines) is 3. The van der Waals surface area contributed by atoms with Crippen LogP contribution in [0.15, 0.2) is 17.5 Å². The van der Waals surface area contributed by atoms with E-state index in [1.54, 1.807) is 12.1 Å². The number of rotatable bonds is 10. The largest absolute Gasteiger partial charge is 0.341 e. The van der Waals surface area contributed by atoms with Crippen LogP contribution in [-0.2, 0) is 24.4 Å². The van der Waals surface area contributed by atoms with Gasteiger partial charge in [0.25, 0.3) is 0 Å². The minimum atomic E-state index is -3.85. The number of amides is 3. The summed E-state index contributed by atoms with van der Waals surface area (Å²) in [5.41, 5.74) is 0. The molecule has 0 aromatic carbocycles. The van der Waals surface area contributed by atoms with Gasteiger partial charge in [-0.3, -0.25) is 19.3 Å². The quantitative estimate of drug-likeness (QED) is 0.422. The molecule has 5 rings (SSSR count). The van der Waals surface area contributed by atoms with E-state index in [1.807, 2.05) is 16.8 Å². The SMILES string of the molecule is CN(C(=O)C1CCCC1)C1CCN(C[C@@H]2CCCN2C(=O)CN2CCC[C@H](NS(=O)(=O)/C=C/c3ccc(Cl)s3)C2=O)C1. The molecule has 4 aliphatic rings. The Kier molecular flexibility index (Phi) is 10.3.